The van der Waals surface area contributed by atoms with Gasteiger partial charge in [-0.15, -0.1) is 0 Å². The topological polar surface area (TPSA) is 74.6 Å². The van der Waals surface area contributed by atoms with Crippen LogP contribution in [0, 0.1) is 13.8 Å². The molecule has 0 fully saturated rings. The van der Waals surface area contributed by atoms with Gasteiger partial charge in [-0.1, -0.05) is 0 Å². The number of nitrogens with zero attached hydrogens (tertiary/aromatic N) is 1. The minimum absolute atomic E-state index is 0.000278. The maximum atomic E-state index is 12.2. The van der Waals surface area contributed by atoms with Crippen LogP contribution in [0.25, 0.3) is 0 Å². The van der Waals surface area contributed by atoms with Gasteiger partial charge in [0, 0.05) is 36.0 Å². The molecule has 2 rings (SSSR count). The van der Waals surface area contributed by atoms with Gasteiger partial charge in [0.25, 0.3) is 0 Å². The van der Waals surface area contributed by atoms with Gasteiger partial charge in [-0.25, -0.2) is 0 Å². The molecule has 1 heterocycles. The highest BCUT2D eigenvalue weighted by atomic mass is 16.5. The Morgan fingerprint density at radius 1 is 1.07 bits per heavy atom. The number of ether oxygens (including phenoxy) is 2. The average Bonchev–Trinajstić information content (AvgIpc) is 2.91. The van der Waals surface area contributed by atoms with E-state index in [1.807, 2.05) is 25.5 Å². The summed E-state index contributed by atoms with van der Waals surface area (Å²) in [5.74, 6) is 0.00807. The van der Waals surface area contributed by atoms with E-state index < -0.39 is 5.97 Å². The number of hydrogen-bond acceptors (Lipinski definition) is 5. The zero-order chi connectivity index (χ0) is 20.0. The smallest absolute Gasteiger partial charge is 0.306 e. The van der Waals surface area contributed by atoms with Crippen molar-refractivity contribution in [3.63, 3.8) is 0 Å². The lowest BCUT2D eigenvalue weighted by Gasteiger charge is -2.07. The van der Waals surface area contributed by atoms with E-state index in [1.54, 1.807) is 30.3 Å². The molecule has 0 amide bonds. The number of rotatable bonds is 9. The molecule has 2 aromatic rings. The highest BCUT2D eigenvalue weighted by Crippen LogP contribution is 2.15. The minimum Gasteiger partial charge on any atom is -0.494 e. The van der Waals surface area contributed by atoms with Gasteiger partial charge in [-0.2, -0.15) is 0 Å². The number of hydrogen-bond donors (Lipinski definition) is 0. The highest BCUT2D eigenvalue weighted by Gasteiger charge is 2.15. The number of benzene rings is 1. The number of aryl methyl sites for hydroxylation is 1. The minimum atomic E-state index is -0.427. The molecule has 6 heteroatoms. The van der Waals surface area contributed by atoms with E-state index in [0.717, 1.165) is 11.4 Å². The predicted octanol–water partition coefficient (Wildman–Crippen LogP) is 3.43. The Hall–Kier alpha value is -2.89. The number of ketones is 2. The number of carbonyl (C=O) groups is 3. The third kappa shape index (κ3) is 5.54. The predicted molar refractivity (Wildman–Crippen MR) is 101 cm³/mol. The maximum Gasteiger partial charge on any atom is 0.306 e. The van der Waals surface area contributed by atoms with Crippen molar-refractivity contribution in [3.8, 4) is 5.75 Å². The molecule has 0 bridgehead atoms. The molecule has 0 saturated carbocycles. The van der Waals surface area contributed by atoms with Gasteiger partial charge in [-0.3, -0.25) is 14.4 Å². The summed E-state index contributed by atoms with van der Waals surface area (Å²) in [4.78, 5) is 35.2. The number of Topliss-reactive ketones (excluding diaryl/α,β-unsaturated/α-hetero) is 2. The van der Waals surface area contributed by atoms with Crippen molar-refractivity contribution in [2.45, 2.75) is 33.6 Å². The Morgan fingerprint density at radius 3 is 2.30 bits per heavy atom. The summed E-state index contributed by atoms with van der Waals surface area (Å²) in [5, 5.41) is 0. The third-order valence-corrected chi connectivity index (χ3v) is 4.49. The summed E-state index contributed by atoms with van der Waals surface area (Å²) in [6.45, 7) is 5.38. The van der Waals surface area contributed by atoms with Gasteiger partial charge in [-0.05, 0) is 57.5 Å². The van der Waals surface area contributed by atoms with Crippen molar-refractivity contribution in [2.75, 3.05) is 13.2 Å². The average molecular weight is 371 g/mol. The van der Waals surface area contributed by atoms with Crippen LogP contribution in [0.4, 0.5) is 0 Å². The van der Waals surface area contributed by atoms with E-state index in [1.165, 1.54) is 6.92 Å². The first-order valence-electron chi connectivity index (χ1n) is 8.85. The molecule has 0 aliphatic heterocycles. The quantitative estimate of drug-likeness (QED) is 0.383. The second kappa shape index (κ2) is 9.16. The molecule has 0 aliphatic carbocycles. The lowest BCUT2D eigenvalue weighted by atomic mass is 10.1. The molecular weight excluding hydrogens is 346 g/mol. The Bertz CT molecular complexity index is 833. The van der Waals surface area contributed by atoms with E-state index in [4.69, 9.17) is 9.47 Å². The lowest BCUT2D eigenvalue weighted by Crippen LogP contribution is -2.15. The van der Waals surface area contributed by atoms with Crippen molar-refractivity contribution < 1.29 is 23.9 Å². The fraction of sp³-hybridized carbons (Fsp3) is 0.381. The number of esters is 1. The van der Waals surface area contributed by atoms with Crippen LogP contribution in [0.5, 0.6) is 5.75 Å². The summed E-state index contributed by atoms with van der Waals surface area (Å²) < 4.78 is 12.5. The molecule has 27 heavy (non-hydrogen) atoms. The second-order valence-corrected chi connectivity index (χ2v) is 6.46. The Kier molecular flexibility index (Phi) is 6.93. The zero-order valence-electron chi connectivity index (χ0n) is 16.2. The Labute approximate surface area is 159 Å². The molecule has 6 nitrogen and oxygen atoms in total. The van der Waals surface area contributed by atoms with Crippen molar-refractivity contribution in [1.29, 1.82) is 0 Å². The third-order valence-electron chi connectivity index (χ3n) is 4.49. The van der Waals surface area contributed by atoms with Crippen LogP contribution in [0.1, 0.15) is 51.9 Å². The normalized spacial score (nSPS) is 10.5. The van der Waals surface area contributed by atoms with Crippen molar-refractivity contribution >= 4 is 17.5 Å². The maximum absolute atomic E-state index is 12.2. The molecule has 0 N–H and O–H groups in total. The summed E-state index contributed by atoms with van der Waals surface area (Å²) >= 11 is 0. The summed E-state index contributed by atoms with van der Waals surface area (Å²) in [5.41, 5.74) is 3.05. The number of carbonyl (C=O) groups excluding carboxylic acids is 3. The Balaban J connectivity index is 1.69. The van der Waals surface area contributed by atoms with Gasteiger partial charge in [0.15, 0.2) is 12.4 Å². The van der Waals surface area contributed by atoms with Crippen molar-refractivity contribution in [2.24, 2.45) is 7.05 Å². The SMILES string of the molecule is CC(=O)c1ccc(OCCCC(=O)OCC(=O)c2cc(C)n(C)c2C)cc1. The standard InChI is InChI=1S/C21H25NO5/c1-14-12-19(15(2)22(14)4)20(24)13-27-21(25)6-5-11-26-18-9-7-17(8-10-18)16(3)23/h7-10,12H,5-6,11,13H2,1-4H3. The van der Waals surface area contributed by atoms with Crippen LogP contribution in [0.3, 0.4) is 0 Å². The van der Waals surface area contributed by atoms with Crippen LogP contribution in [0.15, 0.2) is 30.3 Å². The summed E-state index contributed by atoms with van der Waals surface area (Å²) in [7, 11) is 1.89. The molecule has 0 atom stereocenters. The molecule has 0 unspecified atom stereocenters. The molecule has 0 radical (unpaired) electrons. The molecule has 144 valence electrons. The van der Waals surface area contributed by atoms with E-state index in [2.05, 4.69) is 0 Å². The number of aromatic nitrogens is 1. The highest BCUT2D eigenvalue weighted by molar-refractivity contribution is 5.99. The van der Waals surface area contributed by atoms with E-state index in [9.17, 15) is 14.4 Å². The van der Waals surface area contributed by atoms with Crippen LogP contribution in [-0.4, -0.2) is 35.3 Å². The van der Waals surface area contributed by atoms with Gasteiger partial charge in [0.2, 0.25) is 5.78 Å². The molecule has 0 saturated heterocycles. The fourth-order valence-electron chi connectivity index (χ4n) is 2.63. The monoisotopic (exact) mass is 371 g/mol. The van der Waals surface area contributed by atoms with Crippen molar-refractivity contribution in [1.82, 2.24) is 4.57 Å². The van der Waals surface area contributed by atoms with Crippen molar-refractivity contribution in [3.05, 3.63) is 52.8 Å². The molecular formula is C21H25NO5. The van der Waals surface area contributed by atoms with Crippen LogP contribution in [0.2, 0.25) is 0 Å². The van der Waals surface area contributed by atoms with Gasteiger partial charge in [0.05, 0.1) is 6.61 Å². The molecule has 0 aliphatic rings. The fourth-order valence-corrected chi connectivity index (χ4v) is 2.63. The summed E-state index contributed by atoms with van der Waals surface area (Å²) in [6, 6.07) is 8.64. The van der Waals surface area contributed by atoms with E-state index in [0.29, 0.717) is 29.9 Å². The largest absolute Gasteiger partial charge is 0.494 e. The first kappa shape index (κ1) is 20.4. The first-order chi connectivity index (χ1) is 12.8. The van der Waals surface area contributed by atoms with Gasteiger partial charge in [0.1, 0.15) is 5.75 Å². The van der Waals surface area contributed by atoms with Crippen LogP contribution in [-0.2, 0) is 16.6 Å². The van der Waals surface area contributed by atoms with Gasteiger partial charge < -0.3 is 14.0 Å². The van der Waals surface area contributed by atoms with Gasteiger partial charge >= 0.3 is 5.97 Å². The second-order valence-electron chi connectivity index (χ2n) is 6.46. The zero-order valence-corrected chi connectivity index (χ0v) is 16.2. The molecule has 1 aromatic heterocycles. The van der Waals surface area contributed by atoms with Crippen LogP contribution >= 0.6 is 0 Å². The van der Waals surface area contributed by atoms with E-state index >= 15 is 0 Å². The Morgan fingerprint density at radius 2 is 1.74 bits per heavy atom. The molecule has 0 spiro atoms. The lowest BCUT2D eigenvalue weighted by molar-refractivity contribution is -0.142. The van der Waals surface area contributed by atoms with E-state index in [-0.39, 0.29) is 24.6 Å². The van der Waals surface area contributed by atoms with Crippen LogP contribution < -0.4 is 4.74 Å². The summed E-state index contributed by atoms with van der Waals surface area (Å²) in [6.07, 6.45) is 0.649. The molecule has 1 aromatic carbocycles. The first-order valence-corrected chi connectivity index (χ1v) is 8.85.